The summed E-state index contributed by atoms with van der Waals surface area (Å²) < 4.78 is 37.0. The molecule has 100 valence electrons. The van der Waals surface area contributed by atoms with Crippen LogP contribution in [0.3, 0.4) is 0 Å². The third-order valence-corrected chi connectivity index (χ3v) is 4.59. The molecule has 19 heavy (non-hydrogen) atoms. The Bertz CT molecular complexity index is 639. The van der Waals surface area contributed by atoms with Gasteiger partial charge in [-0.3, -0.25) is 0 Å². The smallest absolute Gasteiger partial charge is 0.180 e. The normalized spacial score (nSPS) is 13.2. The van der Waals surface area contributed by atoms with Gasteiger partial charge in [0.05, 0.1) is 10.6 Å². The number of nitrogens with two attached hydrogens (primary N) is 1. The number of hydrogen-bond acceptors (Lipinski definition) is 3. The second-order valence-corrected chi connectivity index (χ2v) is 6.29. The Balaban J connectivity index is 2.20. The van der Waals surface area contributed by atoms with Crippen LogP contribution in [0.4, 0.5) is 4.39 Å². The predicted molar refractivity (Wildman–Crippen MR) is 71.8 cm³/mol. The maximum Gasteiger partial charge on any atom is 0.180 e. The molecule has 0 fully saturated rings. The van der Waals surface area contributed by atoms with Gasteiger partial charge in [0, 0.05) is 6.04 Å². The highest BCUT2D eigenvalue weighted by Gasteiger charge is 2.19. The molecule has 5 heteroatoms. The fraction of sp³-hybridized carbons (Fsp3) is 0.143. The van der Waals surface area contributed by atoms with Crippen molar-refractivity contribution in [3.8, 4) is 0 Å². The molecule has 0 aromatic heterocycles. The van der Waals surface area contributed by atoms with Gasteiger partial charge < -0.3 is 5.73 Å². The molecular weight excluding hydrogens is 265 g/mol. The first-order valence-corrected chi connectivity index (χ1v) is 7.43. The molecule has 1 unspecified atom stereocenters. The number of sulfone groups is 1. The SMILES string of the molecule is NC(CS(=O)(=O)c1ccc(F)cc1)c1ccccc1. The first-order valence-electron chi connectivity index (χ1n) is 5.78. The Morgan fingerprint density at radius 3 is 2.16 bits per heavy atom. The van der Waals surface area contributed by atoms with E-state index in [2.05, 4.69) is 0 Å². The highest BCUT2D eigenvalue weighted by molar-refractivity contribution is 7.91. The monoisotopic (exact) mass is 279 g/mol. The Kier molecular flexibility index (Phi) is 3.97. The molecule has 0 saturated heterocycles. The molecule has 0 heterocycles. The van der Waals surface area contributed by atoms with Crippen LogP contribution >= 0.6 is 0 Å². The summed E-state index contributed by atoms with van der Waals surface area (Å²) in [5.74, 6) is -0.672. The van der Waals surface area contributed by atoms with Crippen LogP contribution in [-0.2, 0) is 9.84 Å². The third-order valence-electron chi connectivity index (χ3n) is 2.80. The van der Waals surface area contributed by atoms with E-state index < -0.39 is 21.7 Å². The summed E-state index contributed by atoms with van der Waals surface area (Å²) in [7, 11) is -3.52. The average Bonchev–Trinajstić information content (AvgIpc) is 2.40. The van der Waals surface area contributed by atoms with Crippen LogP contribution in [0.15, 0.2) is 59.5 Å². The zero-order chi connectivity index (χ0) is 13.9. The van der Waals surface area contributed by atoms with Gasteiger partial charge in [-0.05, 0) is 29.8 Å². The zero-order valence-corrected chi connectivity index (χ0v) is 11.0. The molecule has 2 N–H and O–H groups in total. The van der Waals surface area contributed by atoms with Crippen molar-refractivity contribution in [2.45, 2.75) is 10.9 Å². The number of halogens is 1. The number of hydrogen-bond donors (Lipinski definition) is 1. The van der Waals surface area contributed by atoms with Crippen molar-refractivity contribution >= 4 is 9.84 Å². The highest BCUT2D eigenvalue weighted by Crippen LogP contribution is 2.18. The van der Waals surface area contributed by atoms with Crippen LogP contribution < -0.4 is 5.73 Å². The Morgan fingerprint density at radius 2 is 1.58 bits per heavy atom. The molecular formula is C14H14FNO2S. The van der Waals surface area contributed by atoms with Crippen molar-refractivity contribution in [1.29, 1.82) is 0 Å². The lowest BCUT2D eigenvalue weighted by Gasteiger charge is -2.12. The summed E-state index contributed by atoms with van der Waals surface area (Å²) in [6.45, 7) is 0. The summed E-state index contributed by atoms with van der Waals surface area (Å²) in [6.07, 6.45) is 0. The molecule has 0 amide bonds. The quantitative estimate of drug-likeness (QED) is 0.874. The van der Waals surface area contributed by atoms with Gasteiger partial charge in [-0.15, -0.1) is 0 Å². The predicted octanol–water partition coefficient (Wildman–Crippen LogP) is 2.30. The van der Waals surface area contributed by atoms with Gasteiger partial charge in [-0.25, -0.2) is 12.8 Å². The molecule has 0 radical (unpaired) electrons. The van der Waals surface area contributed by atoms with E-state index in [9.17, 15) is 12.8 Å². The minimum Gasteiger partial charge on any atom is -0.323 e. The molecule has 2 rings (SSSR count). The molecule has 0 bridgehead atoms. The average molecular weight is 279 g/mol. The van der Waals surface area contributed by atoms with Crippen molar-refractivity contribution in [3.05, 3.63) is 66.0 Å². The van der Waals surface area contributed by atoms with Crippen LogP contribution in [0.1, 0.15) is 11.6 Å². The van der Waals surface area contributed by atoms with Crippen molar-refractivity contribution in [2.75, 3.05) is 5.75 Å². The minimum atomic E-state index is -3.52. The van der Waals surface area contributed by atoms with Crippen molar-refractivity contribution in [3.63, 3.8) is 0 Å². The lowest BCUT2D eigenvalue weighted by Crippen LogP contribution is -2.21. The van der Waals surface area contributed by atoms with E-state index in [1.165, 1.54) is 12.1 Å². The topological polar surface area (TPSA) is 60.2 Å². The summed E-state index contributed by atoms with van der Waals surface area (Å²) in [5.41, 5.74) is 6.65. The molecule has 1 atom stereocenters. The minimum absolute atomic E-state index is 0.0836. The standard InChI is InChI=1S/C14H14FNO2S/c15-12-6-8-13(9-7-12)19(17,18)10-14(16)11-4-2-1-3-5-11/h1-9,14H,10,16H2. The van der Waals surface area contributed by atoms with Crippen LogP contribution in [0, 0.1) is 5.82 Å². The molecule has 2 aromatic rings. The number of benzene rings is 2. The van der Waals surface area contributed by atoms with E-state index >= 15 is 0 Å². The Hall–Kier alpha value is -1.72. The van der Waals surface area contributed by atoms with Gasteiger partial charge in [-0.2, -0.15) is 0 Å². The second kappa shape index (κ2) is 5.50. The highest BCUT2D eigenvalue weighted by atomic mass is 32.2. The van der Waals surface area contributed by atoms with E-state index in [1.54, 1.807) is 24.3 Å². The van der Waals surface area contributed by atoms with Crippen LogP contribution in [0.25, 0.3) is 0 Å². The lowest BCUT2D eigenvalue weighted by molar-refractivity contribution is 0.588. The Morgan fingerprint density at radius 1 is 1.00 bits per heavy atom. The number of rotatable bonds is 4. The molecule has 0 aliphatic rings. The van der Waals surface area contributed by atoms with Gasteiger partial charge in [0.1, 0.15) is 5.82 Å². The Labute approximate surface area is 111 Å². The molecule has 3 nitrogen and oxygen atoms in total. The van der Waals surface area contributed by atoms with E-state index in [0.717, 1.165) is 17.7 Å². The van der Waals surface area contributed by atoms with Crippen molar-refractivity contribution < 1.29 is 12.8 Å². The molecule has 0 saturated carbocycles. The van der Waals surface area contributed by atoms with Crippen LogP contribution in [-0.4, -0.2) is 14.2 Å². The first kappa shape index (κ1) is 13.7. The maximum absolute atomic E-state index is 12.8. The fourth-order valence-corrected chi connectivity index (χ4v) is 3.18. The van der Waals surface area contributed by atoms with Gasteiger partial charge in [0.2, 0.25) is 0 Å². The van der Waals surface area contributed by atoms with Gasteiger partial charge in [-0.1, -0.05) is 30.3 Å². The van der Waals surface area contributed by atoms with Crippen molar-refractivity contribution in [1.82, 2.24) is 0 Å². The first-order chi connectivity index (χ1) is 8.99. The third kappa shape index (κ3) is 3.39. The fourth-order valence-electron chi connectivity index (χ4n) is 1.77. The molecule has 2 aromatic carbocycles. The largest absolute Gasteiger partial charge is 0.323 e. The van der Waals surface area contributed by atoms with Crippen LogP contribution in [0.5, 0.6) is 0 Å². The molecule has 0 aliphatic heterocycles. The summed E-state index contributed by atoms with van der Waals surface area (Å²) in [4.78, 5) is 0.0836. The zero-order valence-electron chi connectivity index (χ0n) is 10.2. The van der Waals surface area contributed by atoms with E-state index in [0.29, 0.717) is 0 Å². The van der Waals surface area contributed by atoms with Crippen molar-refractivity contribution in [2.24, 2.45) is 5.73 Å². The van der Waals surface area contributed by atoms with Gasteiger partial charge in [0.25, 0.3) is 0 Å². The molecule has 0 spiro atoms. The second-order valence-electron chi connectivity index (χ2n) is 4.25. The summed E-state index contributed by atoms with van der Waals surface area (Å²) in [5, 5.41) is 0. The van der Waals surface area contributed by atoms with E-state index in [1.807, 2.05) is 6.07 Å². The lowest BCUT2D eigenvalue weighted by atomic mass is 10.1. The van der Waals surface area contributed by atoms with Crippen LogP contribution in [0.2, 0.25) is 0 Å². The molecule has 0 aliphatic carbocycles. The van der Waals surface area contributed by atoms with Gasteiger partial charge in [0.15, 0.2) is 9.84 Å². The summed E-state index contributed by atoms with van der Waals surface area (Å²) >= 11 is 0. The maximum atomic E-state index is 12.8. The van der Waals surface area contributed by atoms with Gasteiger partial charge >= 0.3 is 0 Å². The van der Waals surface area contributed by atoms with E-state index in [4.69, 9.17) is 5.73 Å². The summed E-state index contributed by atoms with van der Waals surface area (Å²) in [6, 6.07) is 13.2. The van der Waals surface area contributed by atoms with E-state index in [-0.39, 0.29) is 10.6 Å².